The number of fused-ring (bicyclic) bond motifs is 2. The largest absolute Gasteiger partial charge is 0.455 e. The van der Waals surface area contributed by atoms with Gasteiger partial charge in [0, 0.05) is 23.7 Å². The molecule has 50 heavy (non-hydrogen) atoms. The zero-order valence-corrected chi connectivity index (χ0v) is 28.0. The third kappa shape index (κ3) is 6.23. The van der Waals surface area contributed by atoms with E-state index in [4.69, 9.17) is 21.1 Å². The number of hydrogen-bond acceptors (Lipinski definition) is 7. The molecule has 11 heteroatoms. The highest BCUT2D eigenvalue weighted by molar-refractivity contribution is 6.30. The highest BCUT2D eigenvalue weighted by Gasteiger charge is 2.74. The Kier molecular flexibility index (Phi) is 9.59. The van der Waals surface area contributed by atoms with Crippen LogP contribution in [0.25, 0.3) is 0 Å². The molecule has 0 radical (unpaired) electrons. The van der Waals surface area contributed by atoms with Crippen LogP contribution in [0.2, 0.25) is 5.02 Å². The predicted octanol–water partition coefficient (Wildman–Crippen LogP) is 4.18. The van der Waals surface area contributed by atoms with E-state index in [1.165, 1.54) is 4.90 Å². The molecule has 7 atom stereocenters. The average Bonchev–Trinajstić information content (AvgIpc) is 3.78. The molecule has 10 nitrogen and oxygen atoms in total. The second kappa shape index (κ2) is 14.2. The Morgan fingerprint density at radius 1 is 0.920 bits per heavy atom. The number of cyclic esters (lactones) is 1. The van der Waals surface area contributed by atoms with Crippen LogP contribution in [0, 0.1) is 11.8 Å². The molecular weight excluding hydrogens is 658 g/mol. The SMILES string of the molecule is O=C1CC/C=C\CN(c2ccc(Cl)cc2)C(=O)[C@@H]2N([C@@H](CO)Cc3ccccc3)C(=O)[C@H]3[C@H](C(=O)O[C@H](c4ccccc4)CN1)[C@@H]1C=C[C@]23O1. The van der Waals surface area contributed by atoms with Crippen molar-refractivity contribution in [2.45, 2.75) is 49.2 Å². The number of hydrogen-bond donors (Lipinski definition) is 2. The number of aliphatic hydroxyl groups excluding tert-OH is 1. The van der Waals surface area contributed by atoms with Crippen molar-refractivity contribution >= 4 is 41.0 Å². The van der Waals surface area contributed by atoms with Gasteiger partial charge in [-0.15, -0.1) is 0 Å². The van der Waals surface area contributed by atoms with Crippen molar-refractivity contribution in [1.29, 1.82) is 0 Å². The van der Waals surface area contributed by atoms with Gasteiger partial charge in [0.15, 0.2) is 0 Å². The van der Waals surface area contributed by atoms with Crippen molar-refractivity contribution in [3.8, 4) is 0 Å². The van der Waals surface area contributed by atoms with Crippen LogP contribution < -0.4 is 10.2 Å². The topological polar surface area (TPSA) is 125 Å². The Hall–Kier alpha value is -4.77. The van der Waals surface area contributed by atoms with Crippen LogP contribution in [0.3, 0.4) is 0 Å². The van der Waals surface area contributed by atoms with Crippen LogP contribution in [0.5, 0.6) is 0 Å². The lowest BCUT2D eigenvalue weighted by molar-refractivity contribution is -0.160. The molecule has 2 saturated heterocycles. The standard InChI is InChI=1S/C39H38ClN3O7/c40-27-15-17-28(18-16-27)42-21-9-3-8-14-32(45)41-23-31(26-12-6-2-7-13-26)49-38(48)33-30-19-20-39(50-30)34(33)36(46)43(35(39)37(42)47)29(24-44)22-25-10-4-1-5-11-25/h1-7,9-13,15-20,29-31,33-35,44H,8,14,21-24H2,(H,41,45)/b9-3-/t29-,30+,31+,33-,34-,35+,39-/m1/s1. The number of esters is 1. The zero-order chi connectivity index (χ0) is 34.8. The van der Waals surface area contributed by atoms with E-state index in [-0.39, 0.29) is 31.8 Å². The highest BCUT2D eigenvalue weighted by atomic mass is 35.5. The summed E-state index contributed by atoms with van der Waals surface area (Å²) in [5, 5.41) is 14.2. The number of anilines is 1. The molecule has 2 N–H and O–H groups in total. The van der Waals surface area contributed by atoms with Gasteiger partial charge >= 0.3 is 5.97 Å². The summed E-state index contributed by atoms with van der Waals surface area (Å²) in [7, 11) is 0. The number of benzene rings is 3. The van der Waals surface area contributed by atoms with Gasteiger partial charge in [0.25, 0.3) is 5.91 Å². The first-order valence-electron chi connectivity index (χ1n) is 16.9. The van der Waals surface area contributed by atoms with E-state index in [9.17, 15) is 19.5 Å². The molecule has 258 valence electrons. The highest BCUT2D eigenvalue weighted by Crippen LogP contribution is 2.56. The normalized spacial score (nSPS) is 29.4. The van der Waals surface area contributed by atoms with Gasteiger partial charge in [-0.25, -0.2) is 0 Å². The van der Waals surface area contributed by atoms with E-state index < -0.39 is 66.1 Å². The Bertz CT molecular complexity index is 1800. The molecule has 3 amide bonds. The summed E-state index contributed by atoms with van der Waals surface area (Å²) in [5.41, 5.74) is 0.596. The maximum atomic E-state index is 15.1. The molecule has 0 saturated carbocycles. The first-order chi connectivity index (χ1) is 24.3. The van der Waals surface area contributed by atoms with Gasteiger partial charge in [0.1, 0.15) is 23.7 Å². The number of carbonyl (C=O) groups is 4. The first-order valence-corrected chi connectivity index (χ1v) is 17.3. The van der Waals surface area contributed by atoms with Crippen molar-refractivity contribution < 1.29 is 33.8 Å². The Balaban J connectivity index is 1.33. The summed E-state index contributed by atoms with van der Waals surface area (Å²) < 4.78 is 12.7. The smallest absolute Gasteiger partial charge is 0.313 e. The monoisotopic (exact) mass is 695 g/mol. The van der Waals surface area contributed by atoms with E-state index in [0.717, 1.165) is 5.56 Å². The van der Waals surface area contributed by atoms with Crippen molar-refractivity contribution in [1.82, 2.24) is 10.2 Å². The molecule has 2 fully saturated rings. The molecular formula is C39H38ClN3O7. The van der Waals surface area contributed by atoms with Crippen LogP contribution in [-0.2, 0) is 35.1 Å². The third-order valence-corrected chi connectivity index (χ3v) is 10.3. The molecule has 5 bridgehead atoms. The molecule has 4 aliphatic rings. The number of likely N-dealkylation sites (tertiary alicyclic amines) is 1. The Morgan fingerprint density at radius 3 is 2.36 bits per heavy atom. The summed E-state index contributed by atoms with van der Waals surface area (Å²) >= 11 is 6.22. The lowest BCUT2D eigenvalue weighted by Crippen LogP contribution is -2.59. The Labute approximate surface area is 295 Å². The molecule has 3 aromatic carbocycles. The molecule has 3 aromatic rings. The van der Waals surface area contributed by atoms with Gasteiger partial charge in [-0.05, 0) is 48.2 Å². The minimum absolute atomic E-state index is 0.0391. The maximum absolute atomic E-state index is 15.1. The fourth-order valence-electron chi connectivity index (χ4n) is 7.70. The lowest BCUT2D eigenvalue weighted by atomic mass is 9.74. The number of nitrogens with one attached hydrogen (secondary N) is 1. The molecule has 4 heterocycles. The lowest BCUT2D eigenvalue weighted by Gasteiger charge is -2.39. The average molecular weight is 696 g/mol. The second-order valence-electron chi connectivity index (χ2n) is 13.0. The van der Waals surface area contributed by atoms with E-state index in [1.54, 1.807) is 41.3 Å². The number of rotatable bonds is 6. The second-order valence-corrected chi connectivity index (χ2v) is 13.5. The van der Waals surface area contributed by atoms with E-state index in [1.807, 2.05) is 72.8 Å². The van der Waals surface area contributed by atoms with Gasteiger partial charge < -0.3 is 29.7 Å². The number of ether oxygens (including phenoxy) is 2. The quantitative estimate of drug-likeness (QED) is 0.293. The van der Waals surface area contributed by atoms with Gasteiger partial charge in [-0.2, -0.15) is 0 Å². The van der Waals surface area contributed by atoms with Crippen molar-refractivity contribution in [2.24, 2.45) is 11.8 Å². The van der Waals surface area contributed by atoms with Gasteiger partial charge in [0.2, 0.25) is 11.8 Å². The Morgan fingerprint density at radius 2 is 1.64 bits per heavy atom. The number of nitrogens with zero attached hydrogens (tertiary/aromatic N) is 2. The minimum Gasteiger partial charge on any atom is -0.455 e. The summed E-state index contributed by atoms with van der Waals surface area (Å²) in [6, 6.07) is 23.3. The summed E-state index contributed by atoms with van der Waals surface area (Å²) in [4.78, 5) is 60.0. The van der Waals surface area contributed by atoms with Gasteiger partial charge in [-0.1, -0.05) is 96.6 Å². The van der Waals surface area contributed by atoms with E-state index in [0.29, 0.717) is 22.7 Å². The molecule has 0 aliphatic carbocycles. The summed E-state index contributed by atoms with van der Waals surface area (Å²) in [6.45, 7) is -0.262. The van der Waals surface area contributed by atoms with E-state index >= 15 is 4.79 Å². The molecule has 0 unspecified atom stereocenters. The first kappa shape index (κ1) is 33.7. The summed E-state index contributed by atoms with van der Waals surface area (Å²) in [6.07, 6.45) is 6.34. The fraction of sp³-hybridized carbons (Fsp3) is 0.333. The van der Waals surface area contributed by atoms with Crippen LogP contribution in [0.4, 0.5) is 5.69 Å². The summed E-state index contributed by atoms with van der Waals surface area (Å²) in [5.74, 6) is -3.95. The van der Waals surface area contributed by atoms with Crippen molar-refractivity contribution in [3.05, 3.63) is 125 Å². The molecule has 7 rings (SSSR count). The number of amides is 3. The number of halogens is 1. The zero-order valence-electron chi connectivity index (χ0n) is 27.3. The van der Waals surface area contributed by atoms with Gasteiger partial charge in [0.05, 0.1) is 31.2 Å². The molecule has 0 aromatic heterocycles. The van der Waals surface area contributed by atoms with Crippen molar-refractivity contribution in [3.63, 3.8) is 0 Å². The maximum Gasteiger partial charge on any atom is 0.313 e. The predicted molar refractivity (Wildman–Crippen MR) is 186 cm³/mol. The van der Waals surface area contributed by atoms with E-state index in [2.05, 4.69) is 5.32 Å². The van der Waals surface area contributed by atoms with Crippen LogP contribution in [0.15, 0.2) is 109 Å². The fourth-order valence-corrected chi connectivity index (χ4v) is 7.83. The molecule has 4 aliphatic heterocycles. The number of carbonyl (C=O) groups excluding carboxylic acids is 4. The minimum atomic E-state index is -1.49. The van der Waals surface area contributed by atoms with Crippen LogP contribution >= 0.6 is 11.6 Å². The van der Waals surface area contributed by atoms with Gasteiger partial charge in [-0.3, -0.25) is 19.2 Å². The number of aliphatic hydroxyl groups is 1. The molecule has 1 spiro atoms. The van der Waals surface area contributed by atoms with Crippen molar-refractivity contribution in [2.75, 3.05) is 24.6 Å². The number of allylic oxidation sites excluding steroid dienone is 1. The third-order valence-electron chi connectivity index (χ3n) is 10.0. The van der Waals surface area contributed by atoms with Crippen LogP contribution in [-0.4, -0.2) is 77.2 Å². The van der Waals surface area contributed by atoms with Crippen LogP contribution in [0.1, 0.15) is 30.1 Å².